The molecule has 5 heteroatoms. The number of rotatable bonds is 1. The number of hydrogen-bond acceptors (Lipinski definition) is 1. The Balaban J connectivity index is 3.56. The number of aliphatic imine (C=N–C) groups is 1. The summed E-state index contributed by atoms with van der Waals surface area (Å²) >= 11 is 0. The molecule has 0 atom stereocenters. The summed E-state index contributed by atoms with van der Waals surface area (Å²) in [4.78, 5) is 3.50. The minimum atomic E-state index is -4.16. The highest BCUT2D eigenvalue weighted by Crippen LogP contribution is 2.11. The number of hydrogen-bond donors (Lipinski definition) is 1. The van der Waals surface area contributed by atoms with Crippen LogP contribution in [0.15, 0.2) is 4.99 Å². The van der Waals surface area contributed by atoms with E-state index < -0.39 is 12.7 Å². The molecule has 1 N–H and O–H groups in total. The number of alkyl halides is 3. The third kappa shape index (κ3) is 5.40. The van der Waals surface area contributed by atoms with Crippen molar-refractivity contribution >= 4 is 5.84 Å². The minimum Gasteiger partial charge on any atom is -0.365 e. The van der Waals surface area contributed by atoms with Gasteiger partial charge in [-0.05, 0) is 6.92 Å². The molecule has 0 aliphatic carbocycles. The topological polar surface area (TPSA) is 24.4 Å². The normalized spacial score (nSPS) is 13.5. The molecule has 0 amide bonds. The lowest BCUT2D eigenvalue weighted by Gasteiger charge is -2.07. The molecule has 0 saturated carbocycles. The predicted octanol–water partition coefficient (Wildman–Crippen LogP) is 1.19. The molecular formula is C5H9F3N2. The summed E-state index contributed by atoms with van der Waals surface area (Å²) < 4.78 is 34.3. The van der Waals surface area contributed by atoms with Crippen LogP contribution in [0.3, 0.4) is 0 Å². The molecule has 0 unspecified atom stereocenters. The van der Waals surface area contributed by atoms with Crippen LogP contribution in [0.5, 0.6) is 0 Å². The standard InChI is InChI=1S/C5H9F3N2/c1-4(9-2)10-3-5(6,7)8/h3H2,1-2H3,(H,9,10). The summed E-state index contributed by atoms with van der Waals surface area (Å²) in [5.41, 5.74) is 0. The number of nitrogens with zero attached hydrogens (tertiary/aromatic N) is 1. The van der Waals surface area contributed by atoms with Crippen molar-refractivity contribution in [3.8, 4) is 0 Å². The molecule has 2 nitrogen and oxygen atoms in total. The molecule has 0 fully saturated rings. The first-order chi connectivity index (χ1) is 4.45. The second-order valence-electron chi connectivity index (χ2n) is 1.78. The van der Waals surface area contributed by atoms with Crippen molar-refractivity contribution in [2.75, 3.05) is 13.6 Å². The number of halogens is 3. The van der Waals surface area contributed by atoms with E-state index >= 15 is 0 Å². The van der Waals surface area contributed by atoms with E-state index in [1.165, 1.54) is 14.0 Å². The summed E-state index contributed by atoms with van der Waals surface area (Å²) in [6, 6.07) is 0. The van der Waals surface area contributed by atoms with Gasteiger partial charge in [-0.1, -0.05) is 0 Å². The van der Waals surface area contributed by atoms with Crippen molar-refractivity contribution in [1.82, 2.24) is 5.32 Å². The van der Waals surface area contributed by atoms with E-state index in [-0.39, 0.29) is 5.84 Å². The quantitative estimate of drug-likeness (QED) is 0.445. The second kappa shape index (κ2) is 3.43. The Labute approximate surface area is 57.1 Å². The molecule has 0 aromatic carbocycles. The van der Waals surface area contributed by atoms with Crippen molar-refractivity contribution in [3.63, 3.8) is 0 Å². The highest BCUT2D eigenvalue weighted by molar-refractivity contribution is 5.79. The van der Waals surface area contributed by atoms with Crippen LogP contribution in [0.1, 0.15) is 6.92 Å². The monoisotopic (exact) mass is 154 g/mol. The second-order valence-corrected chi connectivity index (χ2v) is 1.78. The first-order valence-electron chi connectivity index (χ1n) is 2.69. The van der Waals surface area contributed by atoms with Crippen LogP contribution in [0.2, 0.25) is 0 Å². The molecule has 0 aliphatic heterocycles. The molecule has 0 heterocycles. The van der Waals surface area contributed by atoms with E-state index in [2.05, 4.69) is 10.3 Å². The SMILES string of the molecule is CN=C(C)NCC(F)(F)F. The molecule has 0 aliphatic rings. The predicted molar refractivity (Wildman–Crippen MR) is 33.1 cm³/mol. The lowest BCUT2D eigenvalue weighted by Crippen LogP contribution is -2.32. The van der Waals surface area contributed by atoms with Gasteiger partial charge in [0, 0.05) is 7.05 Å². The van der Waals surface area contributed by atoms with Gasteiger partial charge in [-0.3, -0.25) is 4.99 Å². The molecule has 0 radical (unpaired) electrons. The van der Waals surface area contributed by atoms with Crippen LogP contribution in [0.25, 0.3) is 0 Å². The fourth-order valence-corrected chi connectivity index (χ4v) is 0.307. The average molecular weight is 154 g/mol. The van der Waals surface area contributed by atoms with Crippen LogP contribution in [0.4, 0.5) is 13.2 Å². The van der Waals surface area contributed by atoms with Crippen molar-refractivity contribution in [2.24, 2.45) is 4.99 Å². The molecular weight excluding hydrogens is 145 g/mol. The highest BCUT2D eigenvalue weighted by atomic mass is 19.4. The Bertz CT molecular complexity index is 127. The zero-order valence-electron chi connectivity index (χ0n) is 5.79. The van der Waals surface area contributed by atoms with E-state index in [0.29, 0.717) is 0 Å². The van der Waals surface area contributed by atoms with Crippen molar-refractivity contribution in [3.05, 3.63) is 0 Å². The van der Waals surface area contributed by atoms with Crippen LogP contribution in [-0.2, 0) is 0 Å². The van der Waals surface area contributed by atoms with Gasteiger partial charge in [0.15, 0.2) is 0 Å². The van der Waals surface area contributed by atoms with Gasteiger partial charge in [0.2, 0.25) is 0 Å². The Kier molecular flexibility index (Phi) is 3.18. The van der Waals surface area contributed by atoms with E-state index in [1.807, 2.05) is 0 Å². The van der Waals surface area contributed by atoms with Crippen LogP contribution < -0.4 is 5.32 Å². The lowest BCUT2D eigenvalue weighted by atomic mass is 10.5. The number of nitrogens with one attached hydrogen (secondary N) is 1. The minimum absolute atomic E-state index is 0.289. The molecule has 0 rings (SSSR count). The van der Waals surface area contributed by atoms with E-state index in [4.69, 9.17) is 0 Å². The summed E-state index contributed by atoms with van der Waals surface area (Å²) in [7, 11) is 1.43. The summed E-state index contributed by atoms with van der Waals surface area (Å²) in [5, 5.41) is 2.10. The lowest BCUT2D eigenvalue weighted by molar-refractivity contribution is -0.122. The maximum absolute atomic E-state index is 11.4. The van der Waals surface area contributed by atoms with Gasteiger partial charge >= 0.3 is 6.18 Å². The van der Waals surface area contributed by atoms with E-state index in [9.17, 15) is 13.2 Å². The van der Waals surface area contributed by atoms with Crippen molar-refractivity contribution < 1.29 is 13.2 Å². The summed E-state index contributed by atoms with van der Waals surface area (Å²) in [6.45, 7) is 0.460. The average Bonchev–Trinajstić information content (AvgIpc) is 1.81. The largest absolute Gasteiger partial charge is 0.405 e. The molecule has 0 saturated heterocycles. The molecule has 60 valence electrons. The third-order valence-electron chi connectivity index (χ3n) is 0.880. The molecule has 0 spiro atoms. The van der Waals surface area contributed by atoms with Crippen molar-refractivity contribution in [1.29, 1.82) is 0 Å². The van der Waals surface area contributed by atoms with E-state index in [1.54, 1.807) is 0 Å². The van der Waals surface area contributed by atoms with Gasteiger partial charge in [0.1, 0.15) is 6.54 Å². The van der Waals surface area contributed by atoms with Crippen LogP contribution in [-0.4, -0.2) is 25.6 Å². The Hall–Kier alpha value is -0.740. The van der Waals surface area contributed by atoms with Gasteiger partial charge in [-0.15, -0.1) is 0 Å². The van der Waals surface area contributed by atoms with Crippen LogP contribution >= 0.6 is 0 Å². The van der Waals surface area contributed by atoms with E-state index in [0.717, 1.165) is 0 Å². The fraction of sp³-hybridized carbons (Fsp3) is 0.800. The molecule has 0 aromatic rings. The van der Waals surface area contributed by atoms with Gasteiger partial charge in [-0.2, -0.15) is 13.2 Å². The van der Waals surface area contributed by atoms with Crippen molar-refractivity contribution in [2.45, 2.75) is 13.1 Å². The Morgan fingerprint density at radius 2 is 2.00 bits per heavy atom. The molecule has 10 heavy (non-hydrogen) atoms. The Morgan fingerprint density at radius 3 is 2.30 bits per heavy atom. The smallest absolute Gasteiger partial charge is 0.365 e. The van der Waals surface area contributed by atoms with Gasteiger partial charge in [-0.25, -0.2) is 0 Å². The summed E-state index contributed by atoms with van der Waals surface area (Å²) in [5.74, 6) is 0.289. The Morgan fingerprint density at radius 1 is 1.50 bits per heavy atom. The zero-order valence-corrected chi connectivity index (χ0v) is 5.79. The van der Waals surface area contributed by atoms with Gasteiger partial charge in [0.25, 0.3) is 0 Å². The first kappa shape index (κ1) is 9.26. The zero-order chi connectivity index (χ0) is 8.20. The molecule has 0 aromatic heterocycles. The van der Waals surface area contributed by atoms with Gasteiger partial charge < -0.3 is 5.32 Å². The highest BCUT2D eigenvalue weighted by Gasteiger charge is 2.26. The summed E-state index contributed by atoms with van der Waals surface area (Å²) in [6.07, 6.45) is -4.16. The van der Waals surface area contributed by atoms with Crippen LogP contribution in [0, 0.1) is 0 Å². The maximum Gasteiger partial charge on any atom is 0.405 e. The fourth-order valence-electron chi connectivity index (χ4n) is 0.307. The third-order valence-corrected chi connectivity index (χ3v) is 0.880. The number of amidine groups is 1. The first-order valence-corrected chi connectivity index (χ1v) is 2.69. The maximum atomic E-state index is 11.4. The van der Waals surface area contributed by atoms with Gasteiger partial charge in [0.05, 0.1) is 5.84 Å². The molecule has 0 bridgehead atoms.